The van der Waals surface area contributed by atoms with Crippen molar-refractivity contribution in [2.45, 2.75) is 20.4 Å². The van der Waals surface area contributed by atoms with E-state index in [2.05, 4.69) is 20.6 Å². The summed E-state index contributed by atoms with van der Waals surface area (Å²) in [7, 11) is 0. The van der Waals surface area contributed by atoms with Gasteiger partial charge in [0, 0.05) is 18.3 Å². The molecule has 1 amide bonds. The molecule has 132 valence electrons. The fourth-order valence-corrected chi connectivity index (χ4v) is 2.62. The smallest absolute Gasteiger partial charge is 0.274 e. The molecule has 0 radical (unpaired) electrons. The lowest BCUT2D eigenvalue weighted by atomic mass is 10.1. The van der Waals surface area contributed by atoms with E-state index >= 15 is 0 Å². The molecule has 3 rings (SSSR count). The Bertz CT molecular complexity index is 905. The fraction of sp³-hybridized carbons (Fsp3) is 0.150. The van der Waals surface area contributed by atoms with Crippen molar-refractivity contribution < 1.29 is 9.18 Å². The fourth-order valence-electron chi connectivity index (χ4n) is 2.62. The molecule has 1 heterocycles. The molecule has 0 aliphatic heterocycles. The van der Waals surface area contributed by atoms with E-state index in [1.807, 2.05) is 32.0 Å². The van der Waals surface area contributed by atoms with Gasteiger partial charge in [0.1, 0.15) is 23.7 Å². The van der Waals surface area contributed by atoms with Crippen LogP contribution in [0.5, 0.6) is 0 Å². The molecule has 3 aromatic rings. The molecule has 1 aromatic heterocycles. The maximum atomic E-state index is 12.9. The molecule has 0 aliphatic carbocycles. The van der Waals surface area contributed by atoms with E-state index in [4.69, 9.17) is 0 Å². The molecule has 6 heteroatoms. The molecule has 0 bridgehead atoms. The molecular weight excluding hydrogens is 331 g/mol. The van der Waals surface area contributed by atoms with Crippen molar-refractivity contribution in [1.29, 1.82) is 0 Å². The molecule has 2 N–H and O–H groups in total. The first-order valence-electron chi connectivity index (χ1n) is 8.19. The van der Waals surface area contributed by atoms with Crippen molar-refractivity contribution in [2.75, 3.05) is 10.6 Å². The molecule has 0 atom stereocenters. The van der Waals surface area contributed by atoms with Gasteiger partial charge in [-0.3, -0.25) is 4.79 Å². The second-order valence-electron chi connectivity index (χ2n) is 6.10. The number of carbonyl (C=O) groups excluding carboxylic acids is 1. The molecule has 0 aliphatic rings. The third-order valence-electron chi connectivity index (χ3n) is 3.77. The van der Waals surface area contributed by atoms with Gasteiger partial charge in [-0.2, -0.15) is 0 Å². The first-order chi connectivity index (χ1) is 12.5. The van der Waals surface area contributed by atoms with Crippen LogP contribution in [0.1, 0.15) is 27.2 Å². The zero-order valence-corrected chi connectivity index (χ0v) is 14.6. The average Bonchev–Trinajstić information content (AvgIpc) is 2.60. The molecule has 0 spiro atoms. The number of halogens is 1. The summed E-state index contributed by atoms with van der Waals surface area (Å²) in [5, 5.41) is 5.95. The van der Waals surface area contributed by atoms with Crippen LogP contribution in [-0.2, 0) is 6.54 Å². The minimum atomic E-state index is -0.303. The lowest BCUT2D eigenvalue weighted by Crippen LogP contribution is -2.15. The van der Waals surface area contributed by atoms with E-state index in [0.717, 1.165) is 22.4 Å². The summed E-state index contributed by atoms with van der Waals surface area (Å²) in [5.41, 5.74) is 4.05. The van der Waals surface area contributed by atoms with Crippen LogP contribution in [-0.4, -0.2) is 15.9 Å². The highest BCUT2D eigenvalue weighted by Crippen LogP contribution is 2.15. The monoisotopic (exact) mass is 350 g/mol. The van der Waals surface area contributed by atoms with Crippen LogP contribution in [0, 0.1) is 19.7 Å². The summed E-state index contributed by atoms with van der Waals surface area (Å²) >= 11 is 0. The van der Waals surface area contributed by atoms with Crippen LogP contribution >= 0.6 is 0 Å². The predicted molar refractivity (Wildman–Crippen MR) is 99.6 cm³/mol. The van der Waals surface area contributed by atoms with Crippen LogP contribution in [0.4, 0.5) is 15.9 Å². The van der Waals surface area contributed by atoms with E-state index in [1.54, 1.807) is 18.2 Å². The van der Waals surface area contributed by atoms with Gasteiger partial charge in [-0.25, -0.2) is 14.4 Å². The first-order valence-corrected chi connectivity index (χ1v) is 8.19. The number of hydrogen-bond donors (Lipinski definition) is 2. The summed E-state index contributed by atoms with van der Waals surface area (Å²) in [5.74, 6) is -0.0572. The largest absolute Gasteiger partial charge is 0.366 e. The minimum Gasteiger partial charge on any atom is -0.366 e. The number of rotatable bonds is 5. The van der Waals surface area contributed by atoms with Gasteiger partial charge >= 0.3 is 0 Å². The van der Waals surface area contributed by atoms with Crippen molar-refractivity contribution >= 4 is 17.4 Å². The highest BCUT2D eigenvalue weighted by Gasteiger charge is 2.10. The molecular formula is C20H19FN4O. The van der Waals surface area contributed by atoms with Gasteiger partial charge in [0.25, 0.3) is 5.91 Å². The van der Waals surface area contributed by atoms with Gasteiger partial charge < -0.3 is 10.6 Å². The number of benzene rings is 2. The van der Waals surface area contributed by atoms with E-state index in [-0.39, 0.29) is 17.4 Å². The average molecular weight is 350 g/mol. The number of aryl methyl sites for hydroxylation is 2. The van der Waals surface area contributed by atoms with Crippen LogP contribution < -0.4 is 10.6 Å². The standard InChI is InChI=1S/C20H19FN4O/c1-13-7-14(2)9-17(8-13)25-20(26)18-10-19(24-12-23-18)22-11-15-3-5-16(21)6-4-15/h3-10,12H,11H2,1-2H3,(H,25,26)(H,22,23,24). The number of carbonyl (C=O) groups is 1. The maximum absolute atomic E-state index is 12.9. The zero-order chi connectivity index (χ0) is 18.5. The van der Waals surface area contributed by atoms with Gasteiger partial charge in [0.05, 0.1) is 0 Å². The Morgan fingerprint density at radius 1 is 1.00 bits per heavy atom. The SMILES string of the molecule is Cc1cc(C)cc(NC(=O)c2cc(NCc3ccc(F)cc3)ncn2)c1. The van der Waals surface area contributed by atoms with Crippen molar-refractivity contribution in [1.82, 2.24) is 9.97 Å². The first kappa shape index (κ1) is 17.5. The normalized spacial score (nSPS) is 10.4. The van der Waals surface area contributed by atoms with Crippen LogP contribution in [0.15, 0.2) is 54.9 Å². The number of nitrogens with one attached hydrogen (secondary N) is 2. The molecule has 5 nitrogen and oxygen atoms in total. The van der Waals surface area contributed by atoms with E-state index in [0.29, 0.717) is 12.4 Å². The van der Waals surface area contributed by atoms with E-state index in [1.165, 1.54) is 18.5 Å². The lowest BCUT2D eigenvalue weighted by molar-refractivity contribution is 0.102. The molecule has 26 heavy (non-hydrogen) atoms. The Hall–Kier alpha value is -3.28. The Balaban J connectivity index is 1.67. The van der Waals surface area contributed by atoms with Crippen LogP contribution in [0.25, 0.3) is 0 Å². The number of amides is 1. The third kappa shape index (κ3) is 4.63. The van der Waals surface area contributed by atoms with Gasteiger partial charge in [-0.05, 0) is 54.8 Å². The molecule has 0 saturated carbocycles. The van der Waals surface area contributed by atoms with E-state index in [9.17, 15) is 9.18 Å². The summed E-state index contributed by atoms with van der Waals surface area (Å²) < 4.78 is 12.9. The maximum Gasteiger partial charge on any atom is 0.274 e. The van der Waals surface area contributed by atoms with Crippen molar-refractivity contribution in [3.05, 3.63) is 83.1 Å². The number of nitrogens with zero attached hydrogens (tertiary/aromatic N) is 2. The van der Waals surface area contributed by atoms with Crippen molar-refractivity contribution in [3.63, 3.8) is 0 Å². The molecule has 2 aromatic carbocycles. The van der Waals surface area contributed by atoms with E-state index < -0.39 is 0 Å². The Kier molecular flexibility index (Phi) is 5.22. The number of anilines is 2. The van der Waals surface area contributed by atoms with Gasteiger partial charge in [-0.15, -0.1) is 0 Å². The van der Waals surface area contributed by atoms with Crippen LogP contribution in [0.2, 0.25) is 0 Å². The topological polar surface area (TPSA) is 66.9 Å². The quantitative estimate of drug-likeness (QED) is 0.727. The summed E-state index contributed by atoms with van der Waals surface area (Å²) in [4.78, 5) is 20.6. The highest BCUT2D eigenvalue weighted by molar-refractivity contribution is 6.03. The van der Waals surface area contributed by atoms with Crippen molar-refractivity contribution in [2.24, 2.45) is 0 Å². The number of hydrogen-bond acceptors (Lipinski definition) is 4. The lowest BCUT2D eigenvalue weighted by Gasteiger charge is -2.09. The second kappa shape index (κ2) is 7.74. The van der Waals surface area contributed by atoms with Crippen molar-refractivity contribution in [3.8, 4) is 0 Å². The molecule has 0 unspecified atom stereocenters. The zero-order valence-electron chi connectivity index (χ0n) is 14.6. The second-order valence-corrected chi connectivity index (χ2v) is 6.10. The third-order valence-corrected chi connectivity index (χ3v) is 3.77. The summed E-state index contributed by atoms with van der Waals surface area (Å²) in [6.45, 7) is 4.42. The highest BCUT2D eigenvalue weighted by atomic mass is 19.1. The number of aromatic nitrogens is 2. The Morgan fingerprint density at radius 2 is 1.69 bits per heavy atom. The Labute approximate surface area is 151 Å². The molecule has 0 fully saturated rings. The van der Waals surface area contributed by atoms with Gasteiger partial charge in [-0.1, -0.05) is 18.2 Å². The predicted octanol–water partition coefficient (Wildman–Crippen LogP) is 4.10. The summed E-state index contributed by atoms with van der Waals surface area (Å²) in [6, 6.07) is 13.6. The van der Waals surface area contributed by atoms with Gasteiger partial charge in [0.15, 0.2) is 0 Å². The summed E-state index contributed by atoms with van der Waals surface area (Å²) in [6.07, 6.45) is 1.34. The van der Waals surface area contributed by atoms with Crippen LogP contribution in [0.3, 0.4) is 0 Å². The minimum absolute atomic E-state index is 0.265. The Morgan fingerprint density at radius 3 is 2.38 bits per heavy atom. The molecule has 0 saturated heterocycles. The van der Waals surface area contributed by atoms with Gasteiger partial charge in [0.2, 0.25) is 0 Å².